The van der Waals surface area contributed by atoms with Gasteiger partial charge in [0, 0.05) is 57.5 Å². The van der Waals surface area contributed by atoms with Crippen molar-refractivity contribution >= 4 is 5.91 Å². The van der Waals surface area contributed by atoms with E-state index >= 15 is 0 Å². The van der Waals surface area contributed by atoms with Crippen LogP contribution in [0.4, 0.5) is 0 Å². The van der Waals surface area contributed by atoms with E-state index in [1.165, 1.54) is 57.8 Å². The third kappa shape index (κ3) is 4.52. The summed E-state index contributed by atoms with van der Waals surface area (Å²) < 4.78 is 13.5. The van der Waals surface area contributed by atoms with Gasteiger partial charge in [0.05, 0.1) is 12.7 Å². The monoisotopic (exact) mass is 555 g/mol. The van der Waals surface area contributed by atoms with Crippen LogP contribution in [0.2, 0.25) is 0 Å². The molecule has 1 spiro atoms. The highest BCUT2D eigenvalue weighted by Crippen LogP contribution is 2.71. The maximum absolute atomic E-state index is 12.9. The molecule has 3 saturated heterocycles. The molecule has 12 atom stereocenters. The van der Waals surface area contributed by atoms with Gasteiger partial charge in [-0.2, -0.15) is 0 Å². The lowest BCUT2D eigenvalue weighted by Crippen LogP contribution is -2.56. The number of piperazine rings is 1. The van der Waals surface area contributed by atoms with Gasteiger partial charge in [-0.15, -0.1) is 0 Å². The van der Waals surface area contributed by atoms with E-state index in [2.05, 4.69) is 43.2 Å². The van der Waals surface area contributed by atoms with Crippen LogP contribution in [0, 0.1) is 52.3 Å². The van der Waals surface area contributed by atoms with Crippen LogP contribution < -0.4 is 10.6 Å². The predicted octanol–water partition coefficient (Wildman–Crippen LogP) is 5.21. The van der Waals surface area contributed by atoms with E-state index in [9.17, 15) is 4.79 Å². The zero-order chi connectivity index (χ0) is 27.7. The number of rotatable bonds is 4. The zero-order valence-corrected chi connectivity index (χ0v) is 25.9. The van der Waals surface area contributed by atoms with Gasteiger partial charge in [0.2, 0.25) is 5.91 Å². The molecule has 6 nitrogen and oxygen atoms in total. The van der Waals surface area contributed by atoms with Crippen LogP contribution in [0.15, 0.2) is 0 Å². The van der Waals surface area contributed by atoms with Gasteiger partial charge >= 0.3 is 0 Å². The topological polar surface area (TPSA) is 62.8 Å². The van der Waals surface area contributed by atoms with Crippen LogP contribution in [-0.2, 0) is 14.3 Å². The number of fused-ring (bicyclic) bond motifs is 7. The Morgan fingerprint density at radius 2 is 1.75 bits per heavy atom. The molecule has 0 aromatic rings. The van der Waals surface area contributed by atoms with Crippen molar-refractivity contribution in [3.8, 4) is 0 Å². The second kappa shape index (κ2) is 10.5. The van der Waals surface area contributed by atoms with E-state index in [1.807, 2.05) is 0 Å². The maximum Gasteiger partial charge on any atom is 0.221 e. The van der Waals surface area contributed by atoms with Crippen molar-refractivity contribution in [3.05, 3.63) is 0 Å². The largest absolute Gasteiger partial charge is 0.353 e. The lowest BCUT2D eigenvalue weighted by molar-refractivity contribution is -0.273. The molecule has 2 N–H and O–H groups in total. The molecule has 0 aromatic heterocycles. The molecule has 4 aliphatic carbocycles. The summed E-state index contributed by atoms with van der Waals surface area (Å²) in [6, 6.07) is 0.383. The second-order valence-corrected chi connectivity index (χ2v) is 16.1. The molecule has 40 heavy (non-hydrogen) atoms. The van der Waals surface area contributed by atoms with Crippen molar-refractivity contribution in [1.82, 2.24) is 15.5 Å². The molecule has 1 amide bonds. The molecule has 6 heteroatoms. The average molecular weight is 556 g/mol. The number of amides is 1. The Morgan fingerprint density at radius 3 is 2.52 bits per heavy atom. The lowest BCUT2D eigenvalue weighted by Gasteiger charge is -2.61. The van der Waals surface area contributed by atoms with Gasteiger partial charge in [0.15, 0.2) is 5.79 Å². The fraction of sp³-hybridized carbons (Fsp3) is 0.971. The summed E-state index contributed by atoms with van der Waals surface area (Å²) in [5.74, 6) is 5.08. The summed E-state index contributed by atoms with van der Waals surface area (Å²) in [6.07, 6.45) is 13.8. The van der Waals surface area contributed by atoms with Gasteiger partial charge in [-0.25, -0.2) is 0 Å². The summed E-state index contributed by atoms with van der Waals surface area (Å²) >= 11 is 0. The molecule has 3 heterocycles. The minimum atomic E-state index is -0.301. The standard InChI is InChI=1S/C34H57N3O3/c1-22-7-13-34(39-21-22)23(2)31-29(40-34)20-28-26-6-5-24-19-25(36-30(38)10-16-37-17-14-35-15-18-37)8-11-32(24,3)27(26)9-12-33(28,31)4/h22-29,31,35H,5-21H2,1-4H3,(H,36,38)/t22-,23-,24+,25?,26+,27-,28-,29-,31-,32-,33-,34+/m0/s1. The average Bonchev–Trinajstić information content (AvgIpc) is 3.40. The molecule has 1 unspecified atom stereocenters. The molecule has 7 rings (SSSR count). The van der Waals surface area contributed by atoms with Crippen LogP contribution in [0.1, 0.15) is 98.3 Å². The van der Waals surface area contributed by atoms with Gasteiger partial charge in [-0.05, 0) is 104 Å². The summed E-state index contributed by atoms with van der Waals surface area (Å²) in [7, 11) is 0. The van der Waals surface area contributed by atoms with Crippen molar-refractivity contribution in [2.75, 3.05) is 39.3 Å². The van der Waals surface area contributed by atoms with Crippen molar-refractivity contribution in [1.29, 1.82) is 0 Å². The van der Waals surface area contributed by atoms with E-state index in [0.29, 0.717) is 47.2 Å². The van der Waals surface area contributed by atoms with Crippen molar-refractivity contribution in [2.45, 2.75) is 116 Å². The van der Waals surface area contributed by atoms with E-state index in [4.69, 9.17) is 9.47 Å². The minimum absolute atomic E-state index is 0.273. The SMILES string of the molecule is C[C@H]1CC[C@@]2(OC1)O[C@H]1C[C@H]3[C@@H]4CC[C@@H]5CC(NC(=O)CCN6CCNCC6)CC[C@]5(C)[C@H]4CC[C@]3(C)[C@H]1[C@@H]2C. The van der Waals surface area contributed by atoms with Gasteiger partial charge in [-0.1, -0.05) is 27.7 Å². The molecule has 4 saturated carbocycles. The quantitative estimate of drug-likeness (QED) is 0.499. The summed E-state index contributed by atoms with van der Waals surface area (Å²) in [6.45, 7) is 16.1. The van der Waals surface area contributed by atoms with Gasteiger partial charge < -0.3 is 25.0 Å². The van der Waals surface area contributed by atoms with Gasteiger partial charge in [-0.3, -0.25) is 4.79 Å². The molecular formula is C34H57N3O3. The predicted molar refractivity (Wildman–Crippen MR) is 158 cm³/mol. The molecule has 0 radical (unpaired) electrons. The molecule has 7 fully saturated rings. The van der Waals surface area contributed by atoms with Crippen molar-refractivity contribution in [3.63, 3.8) is 0 Å². The Kier molecular flexibility index (Phi) is 7.37. The molecule has 3 aliphatic heterocycles. The summed E-state index contributed by atoms with van der Waals surface area (Å²) in [5, 5.41) is 6.88. The highest BCUT2D eigenvalue weighted by Gasteiger charge is 2.69. The van der Waals surface area contributed by atoms with Crippen LogP contribution in [0.3, 0.4) is 0 Å². The second-order valence-electron chi connectivity index (χ2n) is 16.1. The van der Waals surface area contributed by atoms with E-state index < -0.39 is 0 Å². The summed E-state index contributed by atoms with van der Waals surface area (Å²) in [4.78, 5) is 15.3. The molecule has 0 bridgehead atoms. The highest BCUT2D eigenvalue weighted by molar-refractivity contribution is 5.76. The number of hydrogen-bond donors (Lipinski definition) is 2. The smallest absolute Gasteiger partial charge is 0.221 e. The molecule has 226 valence electrons. The Bertz CT molecular complexity index is 945. The van der Waals surface area contributed by atoms with Gasteiger partial charge in [0.1, 0.15) is 0 Å². The molecule has 7 aliphatic rings. The van der Waals surface area contributed by atoms with Crippen molar-refractivity contribution < 1.29 is 14.3 Å². The van der Waals surface area contributed by atoms with Crippen molar-refractivity contribution in [2.24, 2.45) is 52.3 Å². The van der Waals surface area contributed by atoms with Crippen LogP contribution in [0.25, 0.3) is 0 Å². The van der Waals surface area contributed by atoms with Gasteiger partial charge in [0.25, 0.3) is 0 Å². The fourth-order valence-corrected chi connectivity index (χ4v) is 11.9. The van der Waals surface area contributed by atoms with Crippen LogP contribution >= 0.6 is 0 Å². The Balaban J connectivity index is 0.979. The maximum atomic E-state index is 12.9. The summed E-state index contributed by atoms with van der Waals surface area (Å²) in [5.41, 5.74) is 0.847. The van der Waals surface area contributed by atoms with E-state index in [-0.39, 0.29) is 11.7 Å². The molecule has 0 aromatic carbocycles. The van der Waals surface area contributed by atoms with E-state index in [1.54, 1.807) is 0 Å². The fourth-order valence-electron chi connectivity index (χ4n) is 11.9. The van der Waals surface area contributed by atoms with E-state index in [0.717, 1.165) is 69.4 Å². The first-order valence-electron chi connectivity index (χ1n) is 17.3. The Labute approximate surface area is 243 Å². The lowest BCUT2D eigenvalue weighted by atomic mass is 9.44. The molecular weight excluding hydrogens is 498 g/mol. The minimum Gasteiger partial charge on any atom is -0.353 e. The Hall–Kier alpha value is -0.690. The third-order valence-corrected chi connectivity index (χ3v) is 14.2. The normalized spacial score (nSPS) is 52.5. The number of nitrogens with one attached hydrogen (secondary N) is 2. The highest BCUT2D eigenvalue weighted by atomic mass is 16.7. The third-order valence-electron chi connectivity index (χ3n) is 14.2. The van der Waals surface area contributed by atoms with Crippen LogP contribution in [0.5, 0.6) is 0 Å². The number of carbonyl (C=O) groups is 1. The van der Waals surface area contributed by atoms with Crippen LogP contribution in [-0.4, -0.2) is 68.1 Å². The number of ether oxygens (including phenoxy) is 2. The Morgan fingerprint density at radius 1 is 0.950 bits per heavy atom. The number of carbonyl (C=O) groups excluding carboxylic acids is 1. The first-order chi connectivity index (χ1) is 19.2. The number of nitrogens with zero attached hydrogens (tertiary/aromatic N) is 1. The number of hydrogen-bond acceptors (Lipinski definition) is 5. The zero-order valence-electron chi connectivity index (χ0n) is 25.9. The first kappa shape index (κ1) is 28.1. The first-order valence-corrected chi connectivity index (χ1v) is 17.3.